The Hall–Kier alpha value is -1.19. The fourth-order valence-corrected chi connectivity index (χ4v) is 2.18. The van der Waals surface area contributed by atoms with Gasteiger partial charge in [0.25, 0.3) is 0 Å². The third kappa shape index (κ3) is 4.24. The van der Waals surface area contributed by atoms with Crippen molar-refractivity contribution in [2.75, 3.05) is 6.54 Å². The SMILES string of the molecule is Cc1ccc(CNCCc2cncc(Br)c2)cc1. The summed E-state index contributed by atoms with van der Waals surface area (Å²) in [4.78, 5) is 4.16. The molecule has 0 fully saturated rings. The van der Waals surface area contributed by atoms with Crippen LogP contribution in [-0.2, 0) is 13.0 Å². The van der Waals surface area contributed by atoms with Gasteiger partial charge in [0.2, 0.25) is 0 Å². The molecule has 3 heteroatoms. The zero-order valence-corrected chi connectivity index (χ0v) is 12.1. The van der Waals surface area contributed by atoms with E-state index in [0.29, 0.717) is 0 Å². The lowest BCUT2D eigenvalue weighted by Gasteiger charge is -2.05. The number of nitrogens with one attached hydrogen (secondary N) is 1. The summed E-state index contributed by atoms with van der Waals surface area (Å²) in [6, 6.07) is 10.7. The van der Waals surface area contributed by atoms with Crippen molar-refractivity contribution >= 4 is 15.9 Å². The molecule has 0 spiro atoms. The monoisotopic (exact) mass is 304 g/mol. The second kappa shape index (κ2) is 6.66. The van der Waals surface area contributed by atoms with Crippen LogP contribution in [0.15, 0.2) is 47.2 Å². The van der Waals surface area contributed by atoms with E-state index in [2.05, 4.69) is 63.5 Å². The lowest BCUT2D eigenvalue weighted by molar-refractivity contribution is 0.686. The van der Waals surface area contributed by atoms with Crippen LogP contribution in [0.5, 0.6) is 0 Å². The maximum Gasteiger partial charge on any atom is 0.0410 e. The van der Waals surface area contributed by atoms with Crippen LogP contribution in [0.2, 0.25) is 0 Å². The lowest BCUT2D eigenvalue weighted by atomic mass is 10.1. The smallest absolute Gasteiger partial charge is 0.0410 e. The van der Waals surface area contributed by atoms with Gasteiger partial charge in [0.1, 0.15) is 0 Å². The third-order valence-corrected chi connectivity index (χ3v) is 3.24. The molecule has 0 saturated carbocycles. The summed E-state index contributed by atoms with van der Waals surface area (Å²) in [7, 11) is 0. The van der Waals surface area contributed by atoms with Crippen molar-refractivity contribution < 1.29 is 0 Å². The Balaban J connectivity index is 1.74. The van der Waals surface area contributed by atoms with Gasteiger partial charge in [0.15, 0.2) is 0 Å². The quantitative estimate of drug-likeness (QED) is 0.855. The molecule has 2 rings (SSSR count). The van der Waals surface area contributed by atoms with Crippen LogP contribution in [0.4, 0.5) is 0 Å². The standard InChI is InChI=1S/C15H17BrN2/c1-12-2-4-13(5-3-12)9-17-7-6-14-8-15(16)11-18-10-14/h2-5,8,10-11,17H,6-7,9H2,1H3. The molecule has 0 aliphatic heterocycles. The van der Waals surface area contributed by atoms with Gasteiger partial charge in [-0.15, -0.1) is 0 Å². The fourth-order valence-electron chi connectivity index (χ4n) is 1.76. The zero-order chi connectivity index (χ0) is 12.8. The third-order valence-electron chi connectivity index (χ3n) is 2.80. The molecule has 2 nitrogen and oxygen atoms in total. The van der Waals surface area contributed by atoms with Crippen LogP contribution in [0.1, 0.15) is 16.7 Å². The van der Waals surface area contributed by atoms with E-state index in [0.717, 1.165) is 24.0 Å². The minimum absolute atomic E-state index is 0.918. The molecule has 94 valence electrons. The van der Waals surface area contributed by atoms with Gasteiger partial charge >= 0.3 is 0 Å². The predicted molar refractivity (Wildman–Crippen MR) is 78.5 cm³/mol. The van der Waals surface area contributed by atoms with E-state index in [1.807, 2.05) is 12.4 Å². The molecule has 0 aliphatic carbocycles. The molecule has 0 saturated heterocycles. The van der Waals surface area contributed by atoms with Gasteiger partial charge in [0, 0.05) is 23.4 Å². The summed E-state index contributed by atoms with van der Waals surface area (Å²) in [6.07, 6.45) is 4.72. The number of benzene rings is 1. The highest BCUT2D eigenvalue weighted by molar-refractivity contribution is 9.10. The fraction of sp³-hybridized carbons (Fsp3) is 0.267. The number of hydrogen-bond donors (Lipinski definition) is 1. The van der Waals surface area contributed by atoms with Gasteiger partial charge in [-0.1, -0.05) is 29.8 Å². The first-order valence-electron chi connectivity index (χ1n) is 6.10. The number of halogens is 1. The van der Waals surface area contributed by atoms with Crippen molar-refractivity contribution in [1.29, 1.82) is 0 Å². The number of nitrogens with zero attached hydrogens (tertiary/aromatic N) is 1. The Labute approximate surface area is 117 Å². The van der Waals surface area contributed by atoms with Gasteiger partial charge in [-0.2, -0.15) is 0 Å². The minimum atomic E-state index is 0.918. The maximum atomic E-state index is 4.16. The van der Waals surface area contributed by atoms with E-state index in [9.17, 15) is 0 Å². The van der Waals surface area contributed by atoms with E-state index < -0.39 is 0 Å². The van der Waals surface area contributed by atoms with Crippen LogP contribution < -0.4 is 5.32 Å². The average Bonchev–Trinajstić information content (AvgIpc) is 2.37. The van der Waals surface area contributed by atoms with E-state index in [1.54, 1.807) is 0 Å². The molecular weight excluding hydrogens is 288 g/mol. The first kappa shape index (κ1) is 13.2. The van der Waals surface area contributed by atoms with Crippen molar-refractivity contribution in [1.82, 2.24) is 10.3 Å². The lowest BCUT2D eigenvalue weighted by Crippen LogP contribution is -2.16. The van der Waals surface area contributed by atoms with Gasteiger partial charge in [-0.05, 0) is 53.0 Å². The molecule has 18 heavy (non-hydrogen) atoms. The zero-order valence-electron chi connectivity index (χ0n) is 10.5. The number of rotatable bonds is 5. The molecule has 0 atom stereocenters. The molecule has 0 aliphatic rings. The molecule has 1 aromatic heterocycles. The highest BCUT2D eigenvalue weighted by Gasteiger charge is 1.96. The molecule has 1 N–H and O–H groups in total. The Kier molecular flexibility index (Phi) is 4.90. The van der Waals surface area contributed by atoms with Crippen molar-refractivity contribution in [2.45, 2.75) is 19.9 Å². The Morgan fingerprint density at radius 3 is 2.61 bits per heavy atom. The molecular formula is C15H17BrN2. The predicted octanol–water partition coefficient (Wildman–Crippen LogP) is 3.48. The molecule has 1 heterocycles. The Bertz CT molecular complexity index is 494. The number of pyridine rings is 1. The highest BCUT2D eigenvalue weighted by atomic mass is 79.9. The minimum Gasteiger partial charge on any atom is -0.312 e. The van der Waals surface area contributed by atoms with Crippen LogP contribution >= 0.6 is 15.9 Å². The second-order valence-corrected chi connectivity index (χ2v) is 5.34. The summed E-state index contributed by atoms with van der Waals surface area (Å²) in [6.45, 7) is 3.99. The van der Waals surface area contributed by atoms with E-state index in [-0.39, 0.29) is 0 Å². The summed E-state index contributed by atoms with van der Waals surface area (Å²) < 4.78 is 1.04. The largest absolute Gasteiger partial charge is 0.312 e. The van der Waals surface area contributed by atoms with Gasteiger partial charge in [-0.3, -0.25) is 4.98 Å². The van der Waals surface area contributed by atoms with Crippen molar-refractivity contribution in [3.05, 3.63) is 63.9 Å². The normalized spacial score (nSPS) is 10.6. The Morgan fingerprint density at radius 1 is 1.11 bits per heavy atom. The van der Waals surface area contributed by atoms with Crippen LogP contribution in [-0.4, -0.2) is 11.5 Å². The highest BCUT2D eigenvalue weighted by Crippen LogP contribution is 2.09. The number of aryl methyl sites for hydroxylation is 1. The molecule has 0 bridgehead atoms. The first-order valence-corrected chi connectivity index (χ1v) is 6.89. The van der Waals surface area contributed by atoms with Gasteiger partial charge in [-0.25, -0.2) is 0 Å². The van der Waals surface area contributed by atoms with Crippen molar-refractivity contribution in [2.24, 2.45) is 0 Å². The number of aromatic nitrogens is 1. The molecule has 2 aromatic rings. The Morgan fingerprint density at radius 2 is 1.89 bits per heavy atom. The topological polar surface area (TPSA) is 24.9 Å². The van der Waals surface area contributed by atoms with Gasteiger partial charge in [0.05, 0.1) is 0 Å². The first-order chi connectivity index (χ1) is 8.74. The van der Waals surface area contributed by atoms with E-state index in [1.165, 1.54) is 16.7 Å². The summed E-state index contributed by atoms with van der Waals surface area (Å²) in [5, 5.41) is 3.45. The maximum absolute atomic E-state index is 4.16. The summed E-state index contributed by atoms with van der Waals surface area (Å²) >= 11 is 3.43. The van der Waals surface area contributed by atoms with Crippen molar-refractivity contribution in [3.63, 3.8) is 0 Å². The molecule has 1 aromatic carbocycles. The molecule has 0 amide bonds. The van der Waals surface area contributed by atoms with Crippen LogP contribution in [0, 0.1) is 6.92 Å². The summed E-state index contributed by atoms with van der Waals surface area (Å²) in [5.41, 5.74) is 3.88. The van der Waals surface area contributed by atoms with Crippen molar-refractivity contribution in [3.8, 4) is 0 Å². The van der Waals surface area contributed by atoms with Crippen LogP contribution in [0.25, 0.3) is 0 Å². The molecule has 0 radical (unpaired) electrons. The summed E-state index contributed by atoms with van der Waals surface area (Å²) in [5.74, 6) is 0. The van der Waals surface area contributed by atoms with Crippen LogP contribution in [0.3, 0.4) is 0 Å². The van der Waals surface area contributed by atoms with E-state index >= 15 is 0 Å². The second-order valence-electron chi connectivity index (χ2n) is 4.42. The number of hydrogen-bond acceptors (Lipinski definition) is 2. The average molecular weight is 305 g/mol. The van der Waals surface area contributed by atoms with E-state index in [4.69, 9.17) is 0 Å². The van der Waals surface area contributed by atoms with Gasteiger partial charge < -0.3 is 5.32 Å². The molecule has 0 unspecified atom stereocenters.